The van der Waals surface area contributed by atoms with E-state index in [0.29, 0.717) is 22.9 Å². The van der Waals surface area contributed by atoms with Crippen molar-refractivity contribution in [3.05, 3.63) is 107 Å². The van der Waals surface area contributed by atoms with Crippen LogP contribution in [0.1, 0.15) is 59.5 Å². The van der Waals surface area contributed by atoms with Gasteiger partial charge in [-0.25, -0.2) is 14.8 Å². The predicted molar refractivity (Wildman–Crippen MR) is 161 cm³/mol. The highest BCUT2D eigenvalue weighted by Crippen LogP contribution is 2.47. The second-order valence-electron chi connectivity index (χ2n) is 10.8. The van der Waals surface area contributed by atoms with Gasteiger partial charge in [-0.05, 0) is 59.9 Å². The van der Waals surface area contributed by atoms with Gasteiger partial charge in [0.1, 0.15) is 29.6 Å². The van der Waals surface area contributed by atoms with Gasteiger partial charge in [0.2, 0.25) is 0 Å². The molecule has 0 saturated carbocycles. The monoisotopic (exact) mass is 622 g/mol. The van der Waals surface area contributed by atoms with Gasteiger partial charge in [-0.1, -0.05) is 37.3 Å². The molecule has 236 valence electrons. The molecule has 0 bridgehead atoms. The van der Waals surface area contributed by atoms with Gasteiger partial charge in [0.15, 0.2) is 5.75 Å². The van der Waals surface area contributed by atoms with Crippen LogP contribution in [0.4, 0.5) is 23.7 Å². The number of amides is 1. The highest BCUT2D eigenvalue weighted by molar-refractivity contribution is 5.90. The van der Waals surface area contributed by atoms with Crippen molar-refractivity contribution in [1.29, 1.82) is 0 Å². The third-order valence-corrected chi connectivity index (χ3v) is 7.96. The zero-order valence-electron chi connectivity index (χ0n) is 25.0. The van der Waals surface area contributed by atoms with Crippen LogP contribution in [0.15, 0.2) is 72.9 Å². The van der Waals surface area contributed by atoms with Crippen LogP contribution in [0.2, 0.25) is 0 Å². The number of alkyl halides is 3. The molecule has 2 atom stereocenters. The van der Waals surface area contributed by atoms with Gasteiger partial charge < -0.3 is 25.1 Å². The molecule has 9 nitrogen and oxygen atoms in total. The second kappa shape index (κ2) is 12.6. The highest BCUT2D eigenvalue weighted by atomic mass is 19.4. The van der Waals surface area contributed by atoms with Crippen LogP contribution in [0, 0.1) is 0 Å². The van der Waals surface area contributed by atoms with Gasteiger partial charge in [0.25, 0.3) is 0 Å². The number of nitrogens with two attached hydrogens (primary N) is 1. The number of aromatic nitrogens is 2. The van der Waals surface area contributed by atoms with E-state index in [2.05, 4.69) is 4.98 Å². The van der Waals surface area contributed by atoms with E-state index in [0.717, 1.165) is 34.2 Å². The molecule has 0 fully saturated rings. The zero-order valence-corrected chi connectivity index (χ0v) is 25.0. The third kappa shape index (κ3) is 6.65. The van der Waals surface area contributed by atoms with E-state index in [4.69, 9.17) is 24.9 Å². The zero-order chi connectivity index (χ0) is 32.4. The minimum Gasteiger partial charge on any atom is -0.497 e. The second-order valence-corrected chi connectivity index (χ2v) is 10.8. The van der Waals surface area contributed by atoms with Crippen molar-refractivity contribution in [2.75, 3.05) is 19.1 Å². The number of hydrogen-bond donors (Lipinski definition) is 2. The lowest BCUT2D eigenvalue weighted by Crippen LogP contribution is -2.61. The van der Waals surface area contributed by atoms with E-state index in [9.17, 15) is 23.1 Å². The summed E-state index contributed by atoms with van der Waals surface area (Å²) in [4.78, 5) is 22.7. The summed E-state index contributed by atoms with van der Waals surface area (Å²) in [6, 6.07) is 17.9. The largest absolute Gasteiger partial charge is 0.497 e. The first kappa shape index (κ1) is 31.6. The summed E-state index contributed by atoms with van der Waals surface area (Å²) >= 11 is 0. The number of methoxy groups -OCH3 is 2. The Kier molecular flexibility index (Phi) is 8.87. The number of benzene rings is 3. The van der Waals surface area contributed by atoms with E-state index in [1.807, 2.05) is 42.5 Å². The van der Waals surface area contributed by atoms with Crippen molar-refractivity contribution in [3.63, 3.8) is 0 Å². The van der Waals surface area contributed by atoms with E-state index < -0.39 is 29.4 Å². The van der Waals surface area contributed by atoms with Crippen LogP contribution >= 0.6 is 0 Å². The average molecular weight is 623 g/mol. The molecule has 0 spiro atoms. The number of hydrogen-bond acceptors (Lipinski definition) is 7. The van der Waals surface area contributed by atoms with Crippen LogP contribution in [-0.4, -0.2) is 41.1 Å². The molecule has 0 saturated heterocycles. The number of carboxylic acid groups (broad SMARTS) is 1. The van der Waals surface area contributed by atoms with Crippen LogP contribution in [-0.2, 0) is 19.2 Å². The number of anilines is 1. The normalized spacial score (nSPS) is 17.8. The Bertz CT molecular complexity index is 1660. The van der Waals surface area contributed by atoms with Crippen molar-refractivity contribution >= 4 is 11.8 Å². The van der Waals surface area contributed by atoms with Crippen molar-refractivity contribution in [2.45, 2.75) is 50.6 Å². The van der Waals surface area contributed by atoms with Crippen LogP contribution in [0.25, 0.3) is 0 Å². The van der Waals surface area contributed by atoms with Gasteiger partial charge in [-0.2, -0.15) is 13.2 Å². The quantitative estimate of drug-likeness (QED) is 0.210. The van der Waals surface area contributed by atoms with Crippen molar-refractivity contribution in [1.82, 2.24) is 9.97 Å². The van der Waals surface area contributed by atoms with Crippen LogP contribution in [0.5, 0.6) is 17.2 Å². The third-order valence-electron chi connectivity index (χ3n) is 7.96. The molecule has 4 aromatic rings. The SMILES string of the molecule is CC[C@]1(N)C[C@H](c2ncc(OCc3ccccc3)c(Cc3cc(OC)cc(OC)c3)n2)c2cc(C(F)(F)F)ccc2N1C(=O)O. The summed E-state index contributed by atoms with van der Waals surface area (Å²) in [6.07, 6.45) is -4.11. The Balaban J connectivity index is 1.64. The summed E-state index contributed by atoms with van der Waals surface area (Å²) in [5, 5.41) is 10.1. The molecule has 0 unspecified atom stereocenters. The van der Waals surface area contributed by atoms with Gasteiger partial charge in [0.05, 0.1) is 37.4 Å². The summed E-state index contributed by atoms with van der Waals surface area (Å²) in [5.74, 6) is 0.864. The molecule has 0 radical (unpaired) electrons. The van der Waals surface area contributed by atoms with Gasteiger partial charge in [-0.15, -0.1) is 0 Å². The Morgan fingerprint density at radius 1 is 1.04 bits per heavy atom. The Morgan fingerprint density at radius 2 is 1.73 bits per heavy atom. The molecule has 12 heteroatoms. The number of rotatable bonds is 9. The maximum atomic E-state index is 13.8. The number of fused-ring (bicyclic) bond motifs is 1. The molecule has 45 heavy (non-hydrogen) atoms. The van der Waals surface area contributed by atoms with Crippen molar-refractivity contribution < 1.29 is 37.3 Å². The maximum Gasteiger partial charge on any atom is 0.416 e. The fourth-order valence-electron chi connectivity index (χ4n) is 5.57. The maximum absolute atomic E-state index is 13.8. The molecule has 2 heterocycles. The smallest absolute Gasteiger partial charge is 0.416 e. The van der Waals surface area contributed by atoms with Gasteiger partial charge in [-0.3, -0.25) is 4.90 Å². The Morgan fingerprint density at radius 3 is 2.33 bits per heavy atom. The predicted octanol–water partition coefficient (Wildman–Crippen LogP) is 6.77. The van der Waals surface area contributed by atoms with Crippen molar-refractivity contribution in [2.24, 2.45) is 5.73 Å². The number of nitrogens with zero attached hydrogens (tertiary/aromatic N) is 3. The lowest BCUT2D eigenvalue weighted by atomic mass is 9.80. The molecule has 1 aliphatic rings. The lowest BCUT2D eigenvalue weighted by Gasteiger charge is -2.46. The molecular weight excluding hydrogens is 589 g/mol. The Labute approximate surface area is 258 Å². The van der Waals surface area contributed by atoms with Gasteiger partial charge >= 0.3 is 12.3 Å². The van der Waals surface area contributed by atoms with E-state index in [1.165, 1.54) is 6.20 Å². The summed E-state index contributed by atoms with van der Waals surface area (Å²) < 4.78 is 58.5. The minimum absolute atomic E-state index is 0.0409. The summed E-state index contributed by atoms with van der Waals surface area (Å²) in [5.41, 5.74) is 6.67. The summed E-state index contributed by atoms with van der Waals surface area (Å²) in [6.45, 7) is 1.96. The van der Waals surface area contributed by atoms with Crippen molar-refractivity contribution in [3.8, 4) is 17.2 Å². The highest BCUT2D eigenvalue weighted by Gasteiger charge is 2.46. The van der Waals surface area contributed by atoms with E-state index >= 15 is 0 Å². The number of halogens is 3. The fourth-order valence-corrected chi connectivity index (χ4v) is 5.57. The number of ether oxygens (including phenoxy) is 3. The fraction of sp³-hybridized carbons (Fsp3) is 0.303. The first-order valence-electron chi connectivity index (χ1n) is 14.2. The van der Waals surface area contributed by atoms with Crippen LogP contribution in [0.3, 0.4) is 0 Å². The number of carbonyl (C=O) groups is 1. The molecule has 1 aromatic heterocycles. The molecule has 3 N–H and O–H groups in total. The first-order chi connectivity index (χ1) is 21.5. The molecule has 0 aliphatic carbocycles. The van der Waals surface area contributed by atoms with Gasteiger partial charge in [0, 0.05) is 18.4 Å². The molecular formula is C33H33F3N4O5. The lowest BCUT2D eigenvalue weighted by molar-refractivity contribution is -0.137. The minimum atomic E-state index is -4.65. The standard InChI is InChI=1S/C33H33F3N4O5/c1-4-32(37)17-26(25-15-22(33(34,35)36)10-11-28(25)40(32)31(41)42)30-38-18-29(45-19-20-8-6-5-7-9-20)27(39-30)14-21-12-23(43-2)16-24(13-21)44-3/h5-13,15-16,18,26H,4,14,17,19,37H2,1-3H3,(H,41,42)/t26-,32+/m0/s1. The van der Waals surface area contributed by atoms with E-state index in [-0.39, 0.29) is 42.9 Å². The van der Waals surface area contributed by atoms with Crippen LogP contribution < -0.4 is 24.8 Å². The molecule has 1 aliphatic heterocycles. The topological polar surface area (TPSA) is 120 Å². The average Bonchev–Trinajstić information content (AvgIpc) is 3.03. The summed E-state index contributed by atoms with van der Waals surface area (Å²) in [7, 11) is 3.08. The molecule has 1 amide bonds. The first-order valence-corrected chi connectivity index (χ1v) is 14.2. The Hall–Kier alpha value is -4.84. The molecule has 5 rings (SSSR count). The molecule has 3 aromatic carbocycles. The van der Waals surface area contributed by atoms with E-state index in [1.54, 1.807) is 27.2 Å².